The zero-order valence-corrected chi connectivity index (χ0v) is 16.9. The zero-order chi connectivity index (χ0) is 19.1. The third-order valence-corrected chi connectivity index (χ3v) is 6.86. The molecule has 1 aliphatic rings. The molecule has 0 saturated heterocycles. The minimum Gasteiger partial charge on any atom is -0.285 e. The summed E-state index contributed by atoms with van der Waals surface area (Å²) in [6, 6.07) is 10.8. The fraction of sp³-hybridized carbons (Fsp3) is 0.368. The third-order valence-electron chi connectivity index (χ3n) is 4.60. The Kier molecular flexibility index (Phi) is 5.35. The SMILES string of the molecule is Cc1cc(C)c(S(=O)(=O)NC2c3ccccc3C[C@@H]2OS(C)=O)c(C)c1. The standard InChI is InChI=1S/C19H23NO4S2/c1-12-9-13(2)19(14(3)10-12)26(22,23)20-18-16-8-6-5-7-15(16)11-17(18)24-25(4)21/h5-10,17-18,20H,11H2,1-4H3/t17-,18?,25?/m0/s1. The number of nitrogens with one attached hydrogen (secondary N) is 1. The molecule has 5 nitrogen and oxygen atoms in total. The Morgan fingerprint density at radius 3 is 2.35 bits per heavy atom. The van der Waals surface area contributed by atoms with Gasteiger partial charge in [0.05, 0.1) is 17.0 Å². The second-order valence-electron chi connectivity index (χ2n) is 6.77. The summed E-state index contributed by atoms with van der Waals surface area (Å²) in [5.74, 6) is 0. The summed E-state index contributed by atoms with van der Waals surface area (Å²) in [7, 11) is -3.76. The second-order valence-corrected chi connectivity index (χ2v) is 9.41. The number of aryl methyl sites for hydroxylation is 3. The van der Waals surface area contributed by atoms with E-state index in [1.54, 1.807) is 13.8 Å². The van der Waals surface area contributed by atoms with Crippen molar-refractivity contribution in [3.63, 3.8) is 0 Å². The van der Waals surface area contributed by atoms with Crippen molar-refractivity contribution < 1.29 is 16.8 Å². The fourth-order valence-corrected chi connectivity index (χ4v) is 6.00. The highest BCUT2D eigenvalue weighted by molar-refractivity contribution is 7.89. The van der Waals surface area contributed by atoms with Gasteiger partial charge in [0.15, 0.2) is 11.1 Å². The van der Waals surface area contributed by atoms with E-state index in [1.807, 2.05) is 43.3 Å². The van der Waals surface area contributed by atoms with Crippen molar-refractivity contribution in [2.24, 2.45) is 0 Å². The van der Waals surface area contributed by atoms with Crippen LogP contribution in [0.3, 0.4) is 0 Å². The monoisotopic (exact) mass is 393 g/mol. The lowest BCUT2D eigenvalue weighted by Gasteiger charge is -2.22. The molecule has 1 N–H and O–H groups in total. The van der Waals surface area contributed by atoms with Gasteiger partial charge in [-0.25, -0.2) is 17.3 Å². The van der Waals surface area contributed by atoms with Crippen molar-refractivity contribution in [2.45, 2.75) is 44.2 Å². The molecule has 3 atom stereocenters. The van der Waals surface area contributed by atoms with Gasteiger partial charge in [0, 0.05) is 12.7 Å². The molecule has 0 radical (unpaired) electrons. The molecule has 2 aromatic rings. The zero-order valence-electron chi connectivity index (χ0n) is 15.3. The van der Waals surface area contributed by atoms with Gasteiger partial charge >= 0.3 is 0 Å². The van der Waals surface area contributed by atoms with Gasteiger partial charge in [0.2, 0.25) is 10.0 Å². The van der Waals surface area contributed by atoms with E-state index in [0.717, 1.165) is 16.7 Å². The van der Waals surface area contributed by atoms with Crippen molar-refractivity contribution >= 4 is 21.1 Å². The Labute approximate surface area is 157 Å². The first-order valence-corrected chi connectivity index (χ1v) is 11.3. The largest absolute Gasteiger partial charge is 0.285 e. The van der Waals surface area contributed by atoms with Gasteiger partial charge in [-0.3, -0.25) is 4.18 Å². The summed E-state index contributed by atoms with van der Waals surface area (Å²) in [5, 5.41) is 0. The third kappa shape index (κ3) is 3.76. The smallest absolute Gasteiger partial charge is 0.241 e. The molecular weight excluding hydrogens is 370 g/mol. The molecular formula is C19H23NO4S2. The van der Waals surface area contributed by atoms with Crippen LogP contribution >= 0.6 is 0 Å². The number of benzene rings is 2. The lowest BCUT2D eigenvalue weighted by molar-refractivity contribution is 0.201. The number of fused-ring (bicyclic) bond motifs is 1. The molecule has 2 aromatic carbocycles. The predicted octanol–water partition coefficient (Wildman–Crippen LogP) is 2.87. The quantitative estimate of drug-likeness (QED) is 0.848. The highest BCUT2D eigenvalue weighted by Gasteiger charge is 2.37. The first kappa shape index (κ1) is 19.2. The molecule has 0 aromatic heterocycles. The van der Waals surface area contributed by atoms with Crippen LogP contribution in [0.4, 0.5) is 0 Å². The highest BCUT2D eigenvalue weighted by atomic mass is 32.2. The van der Waals surface area contributed by atoms with Gasteiger partial charge in [0.1, 0.15) is 0 Å². The Bertz CT molecular complexity index is 946. The fourth-order valence-electron chi connectivity index (χ4n) is 3.78. The number of rotatable bonds is 5. The summed E-state index contributed by atoms with van der Waals surface area (Å²) in [5.41, 5.74) is 4.31. The first-order valence-electron chi connectivity index (χ1n) is 8.37. The van der Waals surface area contributed by atoms with Crippen molar-refractivity contribution in [2.75, 3.05) is 6.26 Å². The summed E-state index contributed by atoms with van der Waals surface area (Å²) < 4.78 is 46.2. The Morgan fingerprint density at radius 1 is 1.12 bits per heavy atom. The van der Waals surface area contributed by atoms with E-state index in [4.69, 9.17) is 4.18 Å². The highest BCUT2D eigenvalue weighted by Crippen LogP contribution is 2.35. The van der Waals surface area contributed by atoms with Crippen LogP contribution in [0.5, 0.6) is 0 Å². The van der Waals surface area contributed by atoms with E-state index >= 15 is 0 Å². The summed E-state index contributed by atoms with van der Waals surface area (Å²) in [6.07, 6.45) is 1.47. The van der Waals surface area contributed by atoms with Crippen LogP contribution in [0.1, 0.15) is 33.9 Å². The topological polar surface area (TPSA) is 72.5 Å². The lowest BCUT2D eigenvalue weighted by atomic mass is 10.1. The van der Waals surface area contributed by atoms with Crippen LogP contribution in [0.15, 0.2) is 41.3 Å². The van der Waals surface area contributed by atoms with Gasteiger partial charge < -0.3 is 0 Å². The molecule has 2 unspecified atom stereocenters. The molecule has 0 saturated carbocycles. The molecule has 0 amide bonds. The number of sulfonamides is 1. The maximum Gasteiger partial charge on any atom is 0.241 e. The summed E-state index contributed by atoms with van der Waals surface area (Å²) in [4.78, 5) is 0.295. The van der Waals surface area contributed by atoms with E-state index in [0.29, 0.717) is 22.4 Å². The van der Waals surface area contributed by atoms with Crippen LogP contribution in [-0.4, -0.2) is 25.0 Å². The van der Waals surface area contributed by atoms with Crippen molar-refractivity contribution in [1.29, 1.82) is 0 Å². The molecule has 7 heteroatoms. The number of hydrogen-bond acceptors (Lipinski definition) is 4. The maximum atomic E-state index is 13.1. The first-order chi connectivity index (χ1) is 12.2. The average Bonchev–Trinajstić information content (AvgIpc) is 2.82. The van der Waals surface area contributed by atoms with E-state index in [1.165, 1.54) is 6.26 Å². The van der Waals surface area contributed by atoms with E-state index in [2.05, 4.69) is 4.72 Å². The van der Waals surface area contributed by atoms with Gasteiger partial charge in [-0.15, -0.1) is 0 Å². The Morgan fingerprint density at radius 2 is 1.73 bits per heavy atom. The van der Waals surface area contributed by atoms with Crippen molar-refractivity contribution in [1.82, 2.24) is 4.72 Å². The Balaban J connectivity index is 2.01. The minimum absolute atomic E-state index is 0.295. The molecule has 3 rings (SSSR count). The second kappa shape index (κ2) is 7.23. The van der Waals surface area contributed by atoms with Crippen LogP contribution in [0, 0.1) is 20.8 Å². The van der Waals surface area contributed by atoms with Crippen LogP contribution < -0.4 is 4.72 Å². The van der Waals surface area contributed by atoms with Crippen LogP contribution in [-0.2, 0) is 31.7 Å². The predicted molar refractivity (Wildman–Crippen MR) is 103 cm³/mol. The normalized spacial score (nSPS) is 20.8. The molecule has 26 heavy (non-hydrogen) atoms. The lowest BCUT2D eigenvalue weighted by Crippen LogP contribution is -2.36. The molecule has 0 heterocycles. The van der Waals surface area contributed by atoms with Gasteiger partial charge in [-0.05, 0) is 43.0 Å². The van der Waals surface area contributed by atoms with Gasteiger partial charge in [-0.2, -0.15) is 0 Å². The van der Waals surface area contributed by atoms with Gasteiger partial charge in [-0.1, -0.05) is 42.0 Å². The van der Waals surface area contributed by atoms with Crippen LogP contribution in [0.2, 0.25) is 0 Å². The molecule has 0 fully saturated rings. The van der Waals surface area contributed by atoms with E-state index in [9.17, 15) is 12.6 Å². The van der Waals surface area contributed by atoms with E-state index in [-0.39, 0.29) is 0 Å². The molecule has 1 aliphatic carbocycles. The molecule has 0 bridgehead atoms. The van der Waals surface area contributed by atoms with E-state index < -0.39 is 33.2 Å². The van der Waals surface area contributed by atoms with Crippen molar-refractivity contribution in [3.05, 3.63) is 64.2 Å². The summed E-state index contributed by atoms with van der Waals surface area (Å²) in [6.45, 7) is 5.54. The minimum atomic E-state index is -3.76. The summed E-state index contributed by atoms with van der Waals surface area (Å²) >= 11 is -1.48. The molecule has 140 valence electrons. The molecule has 0 aliphatic heterocycles. The van der Waals surface area contributed by atoms with Crippen molar-refractivity contribution in [3.8, 4) is 0 Å². The maximum absolute atomic E-state index is 13.1. The Hall–Kier alpha value is -1.54. The molecule has 0 spiro atoms. The van der Waals surface area contributed by atoms with Crippen LogP contribution in [0.25, 0.3) is 0 Å². The average molecular weight is 394 g/mol. The van der Waals surface area contributed by atoms with Gasteiger partial charge in [0.25, 0.3) is 0 Å². The number of hydrogen-bond donors (Lipinski definition) is 1.